The van der Waals surface area contributed by atoms with E-state index in [-0.39, 0.29) is 6.61 Å². The molecule has 4 nitrogen and oxygen atoms in total. The summed E-state index contributed by atoms with van der Waals surface area (Å²) >= 11 is 0. The molecule has 0 bridgehead atoms. The van der Waals surface area contributed by atoms with Gasteiger partial charge in [0, 0.05) is 23.9 Å². The van der Waals surface area contributed by atoms with Crippen LogP contribution in [0.4, 0.5) is 5.82 Å². The van der Waals surface area contributed by atoms with Crippen LogP contribution < -0.4 is 10.1 Å². The lowest BCUT2D eigenvalue weighted by atomic mass is 10.2. The Labute approximate surface area is 119 Å². The number of aliphatic hydroxyl groups excluding tert-OH is 1. The topological polar surface area (TPSA) is 54.4 Å². The smallest absolute Gasteiger partial charge is 0.125 e. The molecular weight excluding hydrogens is 252 g/mol. The van der Waals surface area contributed by atoms with Crippen LogP contribution in [0.15, 0.2) is 42.6 Å². The fraction of sp³-hybridized carbons (Fsp3) is 0.312. The molecule has 0 saturated carbocycles. The zero-order valence-electron chi connectivity index (χ0n) is 11.7. The zero-order chi connectivity index (χ0) is 14.2. The summed E-state index contributed by atoms with van der Waals surface area (Å²) in [5.74, 6) is 1.59. The summed E-state index contributed by atoms with van der Waals surface area (Å²) < 4.78 is 5.71. The molecule has 1 aromatic heterocycles. The van der Waals surface area contributed by atoms with Gasteiger partial charge in [0.1, 0.15) is 18.2 Å². The second-order valence-corrected chi connectivity index (χ2v) is 4.53. The van der Waals surface area contributed by atoms with Crippen molar-refractivity contribution in [2.45, 2.75) is 26.6 Å². The lowest BCUT2D eigenvalue weighted by Gasteiger charge is -2.10. The maximum absolute atomic E-state index is 9.23. The molecule has 0 aliphatic rings. The van der Waals surface area contributed by atoms with Crippen LogP contribution in [0.25, 0.3) is 0 Å². The quantitative estimate of drug-likeness (QED) is 0.813. The number of benzene rings is 1. The zero-order valence-corrected chi connectivity index (χ0v) is 11.7. The molecule has 0 aliphatic heterocycles. The number of pyridine rings is 1. The summed E-state index contributed by atoms with van der Waals surface area (Å²) in [5.41, 5.74) is 1.79. The number of anilines is 1. The molecule has 1 aromatic carbocycles. The first kappa shape index (κ1) is 14.3. The molecule has 2 rings (SSSR count). The summed E-state index contributed by atoms with van der Waals surface area (Å²) in [6, 6.07) is 11.4. The highest BCUT2D eigenvalue weighted by Crippen LogP contribution is 2.19. The van der Waals surface area contributed by atoms with Crippen LogP contribution >= 0.6 is 0 Å². The minimum Gasteiger partial charge on any atom is -0.488 e. The number of ether oxygens (including phenoxy) is 1. The Balaban J connectivity index is 1.93. The van der Waals surface area contributed by atoms with Gasteiger partial charge in [-0.05, 0) is 18.6 Å². The van der Waals surface area contributed by atoms with Gasteiger partial charge in [0.2, 0.25) is 0 Å². The number of aliphatic hydroxyl groups is 1. The number of hydrogen-bond donors (Lipinski definition) is 2. The van der Waals surface area contributed by atoms with Gasteiger partial charge in [0.15, 0.2) is 0 Å². The molecule has 0 aliphatic carbocycles. The predicted molar refractivity (Wildman–Crippen MR) is 79.7 cm³/mol. The molecule has 20 heavy (non-hydrogen) atoms. The van der Waals surface area contributed by atoms with Crippen molar-refractivity contribution in [3.63, 3.8) is 0 Å². The van der Waals surface area contributed by atoms with Crippen molar-refractivity contribution in [1.29, 1.82) is 0 Å². The second kappa shape index (κ2) is 7.50. The lowest BCUT2D eigenvalue weighted by molar-refractivity contribution is 0.259. The van der Waals surface area contributed by atoms with Crippen LogP contribution in [0.1, 0.15) is 24.5 Å². The van der Waals surface area contributed by atoms with Crippen LogP contribution in [0.3, 0.4) is 0 Å². The molecule has 1 heterocycles. The standard InChI is InChI=1S/C16H20N2O2/c1-2-9-17-16-8-7-13(10-18-16)12-20-15-6-4-3-5-14(15)11-19/h3-8,10,19H,2,9,11-12H2,1H3,(H,17,18). The van der Waals surface area contributed by atoms with Crippen LogP contribution in [0, 0.1) is 0 Å². The largest absolute Gasteiger partial charge is 0.488 e. The van der Waals surface area contributed by atoms with Crippen molar-refractivity contribution in [3.8, 4) is 5.75 Å². The lowest BCUT2D eigenvalue weighted by Crippen LogP contribution is -2.03. The van der Waals surface area contributed by atoms with E-state index in [1.54, 1.807) is 6.20 Å². The third kappa shape index (κ3) is 3.96. The molecule has 0 saturated heterocycles. The van der Waals surface area contributed by atoms with Gasteiger partial charge >= 0.3 is 0 Å². The number of aromatic nitrogens is 1. The Kier molecular flexibility index (Phi) is 5.38. The highest BCUT2D eigenvalue weighted by atomic mass is 16.5. The molecule has 0 spiro atoms. The Morgan fingerprint density at radius 1 is 1.20 bits per heavy atom. The maximum Gasteiger partial charge on any atom is 0.125 e. The van der Waals surface area contributed by atoms with Gasteiger partial charge in [0.05, 0.1) is 6.61 Å². The van der Waals surface area contributed by atoms with E-state index < -0.39 is 0 Å². The maximum atomic E-state index is 9.23. The van der Waals surface area contributed by atoms with Crippen molar-refractivity contribution < 1.29 is 9.84 Å². The van der Waals surface area contributed by atoms with Crippen molar-refractivity contribution in [2.75, 3.05) is 11.9 Å². The van der Waals surface area contributed by atoms with Gasteiger partial charge in [-0.15, -0.1) is 0 Å². The number of nitrogens with zero attached hydrogens (tertiary/aromatic N) is 1. The summed E-state index contributed by atoms with van der Waals surface area (Å²) in [6.07, 6.45) is 2.88. The first-order valence-electron chi connectivity index (χ1n) is 6.84. The van der Waals surface area contributed by atoms with Crippen molar-refractivity contribution in [2.24, 2.45) is 0 Å². The van der Waals surface area contributed by atoms with Gasteiger partial charge < -0.3 is 15.2 Å². The Morgan fingerprint density at radius 3 is 2.75 bits per heavy atom. The Morgan fingerprint density at radius 2 is 2.05 bits per heavy atom. The minimum atomic E-state index is -0.0195. The molecule has 0 radical (unpaired) electrons. The first-order chi connectivity index (χ1) is 9.83. The highest BCUT2D eigenvalue weighted by Gasteiger charge is 2.02. The average Bonchev–Trinajstić information content (AvgIpc) is 2.52. The van der Waals surface area contributed by atoms with E-state index in [9.17, 15) is 5.11 Å². The summed E-state index contributed by atoms with van der Waals surface area (Å²) in [5, 5.41) is 12.5. The normalized spacial score (nSPS) is 10.3. The van der Waals surface area contributed by atoms with Crippen LogP contribution in [-0.4, -0.2) is 16.6 Å². The van der Waals surface area contributed by atoms with Gasteiger partial charge in [-0.25, -0.2) is 4.98 Å². The number of nitrogens with one attached hydrogen (secondary N) is 1. The number of rotatable bonds is 7. The van der Waals surface area contributed by atoms with E-state index in [2.05, 4.69) is 17.2 Å². The summed E-state index contributed by atoms with van der Waals surface area (Å²) in [7, 11) is 0. The predicted octanol–water partition coefficient (Wildman–Crippen LogP) is 2.97. The number of para-hydroxylation sites is 1. The van der Waals surface area contributed by atoms with Crippen molar-refractivity contribution in [3.05, 3.63) is 53.7 Å². The number of hydrogen-bond acceptors (Lipinski definition) is 4. The van der Waals surface area contributed by atoms with Gasteiger partial charge in [-0.2, -0.15) is 0 Å². The highest BCUT2D eigenvalue weighted by molar-refractivity contribution is 5.36. The van der Waals surface area contributed by atoms with E-state index >= 15 is 0 Å². The van der Waals surface area contributed by atoms with Crippen LogP contribution in [-0.2, 0) is 13.2 Å². The van der Waals surface area contributed by atoms with Crippen LogP contribution in [0.5, 0.6) is 5.75 Å². The molecular formula is C16H20N2O2. The first-order valence-corrected chi connectivity index (χ1v) is 6.84. The molecule has 4 heteroatoms. The SMILES string of the molecule is CCCNc1ccc(COc2ccccc2CO)cn1. The summed E-state index contributed by atoms with van der Waals surface area (Å²) in [4.78, 5) is 4.33. The van der Waals surface area contributed by atoms with E-state index in [4.69, 9.17) is 4.74 Å². The molecule has 0 fully saturated rings. The van der Waals surface area contributed by atoms with Crippen LogP contribution in [0.2, 0.25) is 0 Å². The molecule has 2 N–H and O–H groups in total. The van der Waals surface area contributed by atoms with Gasteiger partial charge in [-0.3, -0.25) is 0 Å². The minimum absolute atomic E-state index is 0.0195. The van der Waals surface area contributed by atoms with Gasteiger partial charge in [0.25, 0.3) is 0 Å². The molecule has 2 aromatic rings. The third-order valence-electron chi connectivity index (χ3n) is 2.92. The van der Waals surface area contributed by atoms with E-state index in [1.165, 1.54) is 0 Å². The average molecular weight is 272 g/mol. The summed E-state index contributed by atoms with van der Waals surface area (Å²) in [6.45, 7) is 3.47. The van der Waals surface area contributed by atoms with E-state index in [1.807, 2.05) is 36.4 Å². The van der Waals surface area contributed by atoms with E-state index in [0.29, 0.717) is 12.4 Å². The molecule has 0 amide bonds. The molecule has 0 unspecified atom stereocenters. The van der Waals surface area contributed by atoms with Crippen molar-refractivity contribution >= 4 is 5.82 Å². The van der Waals surface area contributed by atoms with Gasteiger partial charge in [-0.1, -0.05) is 31.2 Å². The second-order valence-electron chi connectivity index (χ2n) is 4.53. The van der Waals surface area contributed by atoms with Crippen molar-refractivity contribution in [1.82, 2.24) is 4.98 Å². The van der Waals surface area contributed by atoms with E-state index in [0.717, 1.165) is 29.9 Å². The molecule has 0 atom stereocenters. The molecule has 106 valence electrons. The fourth-order valence-corrected chi connectivity index (χ4v) is 1.80. The fourth-order valence-electron chi connectivity index (χ4n) is 1.80. The Bertz CT molecular complexity index is 526. The monoisotopic (exact) mass is 272 g/mol. The third-order valence-corrected chi connectivity index (χ3v) is 2.92. The Hall–Kier alpha value is -2.07.